The fourth-order valence-electron chi connectivity index (χ4n) is 4.51. The molecule has 0 atom stereocenters. The fraction of sp³-hybridized carbons (Fsp3) is 0.714. The summed E-state index contributed by atoms with van der Waals surface area (Å²) < 4.78 is 2.04. The molecule has 0 radical (unpaired) electrons. The highest BCUT2D eigenvalue weighted by molar-refractivity contribution is 5.75. The number of aromatic nitrogens is 1. The maximum atomic E-state index is 13.2. The molecule has 0 unspecified atom stereocenters. The molecule has 0 aromatic carbocycles. The largest absolute Gasteiger partial charge is 0.377 e. The summed E-state index contributed by atoms with van der Waals surface area (Å²) in [4.78, 5) is 17.6. The Balaban J connectivity index is 1.71. The van der Waals surface area contributed by atoms with Crippen molar-refractivity contribution in [2.45, 2.75) is 82.8 Å². The van der Waals surface area contributed by atoms with Crippen LogP contribution in [-0.4, -0.2) is 37.0 Å². The summed E-state index contributed by atoms with van der Waals surface area (Å²) in [6, 6.07) is 5.12. The molecule has 25 heavy (non-hydrogen) atoms. The fourth-order valence-corrected chi connectivity index (χ4v) is 4.51. The van der Waals surface area contributed by atoms with Gasteiger partial charge in [0.15, 0.2) is 12.4 Å². The van der Waals surface area contributed by atoms with Gasteiger partial charge in [-0.2, -0.15) is 4.57 Å². The standard InChI is InChI=1S/C21H34N3O/c1-22(2)18-13-15-23(16-14-18)17-21(25)24(19-9-5-3-6-10-19)20-11-7-4-8-12-20/h13-16,19-20H,3-12,17H2,1-2H3/q+1. The Morgan fingerprint density at radius 1 is 0.920 bits per heavy atom. The van der Waals surface area contributed by atoms with Crippen LogP contribution in [-0.2, 0) is 11.3 Å². The van der Waals surface area contributed by atoms with Crippen LogP contribution in [0.1, 0.15) is 64.2 Å². The quantitative estimate of drug-likeness (QED) is 0.764. The number of carbonyl (C=O) groups excluding carboxylic acids is 1. The van der Waals surface area contributed by atoms with Crippen LogP contribution in [0.2, 0.25) is 0 Å². The van der Waals surface area contributed by atoms with Crippen LogP contribution in [0.15, 0.2) is 24.5 Å². The summed E-state index contributed by atoms with van der Waals surface area (Å²) in [6.45, 7) is 0.473. The molecule has 1 aromatic heterocycles. The molecule has 4 heteroatoms. The normalized spacial score (nSPS) is 19.6. The first-order valence-corrected chi connectivity index (χ1v) is 10.1. The van der Waals surface area contributed by atoms with Crippen LogP contribution in [0.4, 0.5) is 5.69 Å². The predicted octanol–water partition coefficient (Wildman–Crippen LogP) is 3.53. The van der Waals surface area contributed by atoms with E-state index in [9.17, 15) is 4.79 Å². The summed E-state index contributed by atoms with van der Waals surface area (Å²) >= 11 is 0. The number of rotatable bonds is 5. The maximum absolute atomic E-state index is 13.2. The highest BCUT2D eigenvalue weighted by atomic mass is 16.2. The van der Waals surface area contributed by atoms with Gasteiger partial charge in [0.1, 0.15) is 0 Å². The second-order valence-electron chi connectivity index (χ2n) is 8.01. The first-order chi connectivity index (χ1) is 12.1. The molecular weight excluding hydrogens is 310 g/mol. The Morgan fingerprint density at radius 2 is 1.40 bits per heavy atom. The average Bonchev–Trinajstić information content (AvgIpc) is 2.64. The summed E-state index contributed by atoms with van der Waals surface area (Å²) in [5.41, 5.74) is 1.17. The first kappa shape index (κ1) is 18.2. The van der Waals surface area contributed by atoms with E-state index in [0.29, 0.717) is 24.5 Å². The number of amides is 1. The van der Waals surface area contributed by atoms with Gasteiger partial charge in [-0.3, -0.25) is 4.79 Å². The van der Waals surface area contributed by atoms with E-state index in [-0.39, 0.29) is 0 Å². The zero-order valence-electron chi connectivity index (χ0n) is 16.0. The summed E-state index contributed by atoms with van der Waals surface area (Å²) in [7, 11) is 4.08. The van der Waals surface area contributed by atoms with Crippen LogP contribution < -0.4 is 9.47 Å². The topological polar surface area (TPSA) is 27.4 Å². The lowest BCUT2D eigenvalue weighted by atomic mass is 9.88. The molecule has 2 fully saturated rings. The molecule has 1 amide bonds. The third kappa shape index (κ3) is 4.74. The lowest BCUT2D eigenvalue weighted by Gasteiger charge is -2.41. The van der Waals surface area contributed by atoms with Gasteiger partial charge in [0, 0.05) is 44.0 Å². The van der Waals surface area contributed by atoms with Gasteiger partial charge in [-0.1, -0.05) is 38.5 Å². The highest BCUT2D eigenvalue weighted by Crippen LogP contribution is 2.30. The minimum absolute atomic E-state index is 0.321. The Labute approximate surface area is 152 Å². The molecule has 0 saturated heterocycles. The minimum atomic E-state index is 0.321. The van der Waals surface area contributed by atoms with E-state index in [1.807, 2.05) is 31.1 Å². The van der Waals surface area contributed by atoms with Gasteiger partial charge in [0.05, 0.1) is 0 Å². The SMILES string of the molecule is CN(C)c1cc[n+](CC(=O)N(C2CCCCC2)C2CCCCC2)cc1. The molecule has 0 bridgehead atoms. The number of nitrogens with zero attached hydrogens (tertiary/aromatic N) is 3. The van der Waals surface area contributed by atoms with Gasteiger partial charge in [-0.05, 0) is 25.7 Å². The lowest BCUT2D eigenvalue weighted by Crippen LogP contribution is -2.53. The molecule has 1 aromatic rings. The monoisotopic (exact) mass is 344 g/mol. The second-order valence-corrected chi connectivity index (χ2v) is 8.01. The Hall–Kier alpha value is -1.58. The van der Waals surface area contributed by atoms with Crippen molar-refractivity contribution in [2.24, 2.45) is 0 Å². The number of hydrogen-bond donors (Lipinski definition) is 0. The van der Waals surface area contributed by atoms with E-state index in [2.05, 4.69) is 21.9 Å². The van der Waals surface area contributed by atoms with E-state index >= 15 is 0 Å². The minimum Gasteiger partial charge on any atom is -0.377 e. The molecular formula is C21H34N3O+. The summed E-state index contributed by atoms with van der Waals surface area (Å²) in [5, 5.41) is 0. The van der Waals surface area contributed by atoms with Crippen LogP contribution in [0.25, 0.3) is 0 Å². The predicted molar refractivity (Wildman–Crippen MR) is 102 cm³/mol. The first-order valence-electron chi connectivity index (χ1n) is 10.1. The van der Waals surface area contributed by atoms with Gasteiger partial charge >= 0.3 is 0 Å². The van der Waals surface area contributed by atoms with Crippen LogP contribution in [0.5, 0.6) is 0 Å². The van der Waals surface area contributed by atoms with E-state index < -0.39 is 0 Å². The van der Waals surface area contributed by atoms with Gasteiger partial charge < -0.3 is 9.80 Å². The van der Waals surface area contributed by atoms with E-state index in [1.165, 1.54) is 69.9 Å². The van der Waals surface area contributed by atoms with Crippen molar-refractivity contribution in [3.05, 3.63) is 24.5 Å². The molecule has 1 heterocycles. The van der Waals surface area contributed by atoms with Gasteiger partial charge in [-0.15, -0.1) is 0 Å². The number of anilines is 1. The van der Waals surface area contributed by atoms with Crippen molar-refractivity contribution >= 4 is 11.6 Å². The van der Waals surface area contributed by atoms with Crippen molar-refractivity contribution in [1.82, 2.24) is 4.90 Å². The third-order valence-electron chi connectivity index (χ3n) is 5.93. The molecule has 2 saturated carbocycles. The number of pyridine rings is 1. The lowest BCUT2D eigenvalue weighted by molar-refractivity contribution is -0.685. The van der Waals surface area contributed by atoms with E-state index in [0.717, 1.165) is 0 Å². The smallest absolute Gasteiger partial charge is 0.289 e. The molecule has 0 spiro atoms. The Kier molecular flexibility index (Phi) is 6.33. The van der Waals surface area contributed by atoms with Crippen LogP contribution >= 0.6 is 0 Å². The van der Waals surface area contributed by atoms with Crippen molar-refractivity contribution in [2.75, 3.05) is 19.0 Å². The van der Waals surface area contributed by atoms with Crippen molar-refractivity contribution < 1.29 is 9.36 Å². The Morgan fingerprint density at radius 3 is 1.84 bits per heavy atom. The van der Waals surface area contributed by atoms with Gasteiger partial charge in [-0.25, -0.2) is 0 Å². The molecule has 2 aliphatic carbocycles. The average molecular weight is 345 g/mol. The van der Waals surface area contributed by atoms with Gasteiger partial charge in [0.25, 0.3) is 5.91 Å². The number of carbonyl (C=O) groups is 1. The van der Waals surface area contributed by atoms with E-state index in [1.54, 1.807) is 0 Å². The molecule has 138 valence electrons. The van der Waals surface area contributed by atoms with Gasteiger partial charge in [0.2, 0.25) is 6.54 Å². The molecule has 4 nitrogen and oxygen atoms in total. The number of hydrogen-bond acceptors (Lipinski definition) is 2. The zero-order chi connectivity index (χ0) is 17.6. The molecule has 0 N–H and O–H groups in total. The van der Waals surface area contributed by atoms with Crippen molar-refractivity contribution in [3.63, 3.8) is 0 Å². The van der Waals surface area contributed by atoms with Crippen LogP contribution in [0.3, 0.4) is 0 Å². The highest BCUT2D eigenvalue weighted by Gasteiger charge is 2.33. The van der Waals surface area contributed by atoms with Crippen LogP contribution in [0, 0.1) is 0 Å². The molecule has 0 aliphatic heterocycles. The van der Waals surface area contributed by atoms with Crippen molar-refractivity contribution in [1.29, 1.82) is 0 Å². The van der Waals surface area contributed by atoms with Crippen molar-refractivity contribution in [3.8, 4) is 0 Å². The maximum Gasteiger partial charge on any atom is 0.289 e. The molecule has 2 aliphatic rings. The Bertz CT molecular complexity index is 525. The van der Waals surface area contributed by atoms with E-state index in [4.69, 9.17) is 0 Å². The second kappa shape index (κ2) is 8.68. The summed E-state index contributed by atoms with van der Waals surface area (Å²) in [6.07, 6.45) is 16.7. The zero-order valence-corrected chi connectivity index (χ0v) is 16.0. The third-order valence-corrected chi connectivity index (χ3v) is 5.93. The summed E-state index contributed by atoms with van der Waals surface area (Å²) in [5.74, 6) is 0.321. The molecule has 3 rings (SSSR count).